The number of aliphatic carboxylic acids is 1. The Kier molecular flexibility index (Phi) is 11.8. The first-order valence-corrected chi connectivity index (χ1v) is 22.0. The van der Waals surface area contributed by atoms with Crippen molar-refractivity contribution < 1.29 is 41.8 Å². The van der Waals surface area contributed by atoms with Crippen molar-refractivity contribution in [1.29, 1.82) is 0 Å². The highest BCUT2D eigenvalue weighted by atomic mass is 35.5. The van der Waals surface area contributed by atoms with Gasteiger partial charge in [-0.2, -0.15) is 0 Å². The molecule has 1 saturated carbocycles. The van der Waals surface area contributed by atoms with E-state index in [1.54, 1.807) is 4.57 Å². The molecule has 6 N–H and O–H groups in total. The number of pyridine rings is 1. The van der Waals surface area contributed by atoms with Crippen LogP contribution in [0.3, 0.4) is 0 Å². The lowest BCUT2D eigenvalue weighted by Gasteiger charge is -2.49. The number of carboxylic acids is 1. The number of fused-ring (bicyclic) bond motifs is 2. The molecule has 0 bridgehead atoms. The van der Waals surface area contributed by atoms with Crippen molar-refractivity contribution in [3.63, 3.8) is 0 Å². The van der Waals surface area contributed by atoms with Gasteiger partial charge in [0, 0.05) is 42.3 Å². The molecule has 1 aromatic heterocycles. The van der Waals surface area contributed by atoms with Gasteiger partial charge in [0.25, 0.3) is 5.91 Å². The third-order valence-electron chi connectivity index (χ3n) is 10.7. The zero-order chi connectivity index (χ0) is 41.6. The molecular weight excluding hydrogens is 817 g/mol. The number of sulfonamides is 1. The number of halogens is 2. The highest BCUT2D eigenvalue weighted by Gasteiger charge is 2.54. The maximum absolute atomic E-state index is 15.8. The summed E-state index contributed by atoms with van der Waals surface area (Å²) in [6, 6.07) is 4.57. The summed E-state index contributed by atoms with van der Waals surface area (Å²) in [5, 5.41) is 15.3. The average Bonchev–Trinajstić information content (AvgIpc) is 3.95. The molecule has 3 aromatic rings. The lowest BCUT2D eigenvalue weighted by Crippen LogP contribution is -2.71. The standard InChI is InChI=1S/C38H43ClFN7O9S2/c1-3-42-14-19-10-11-45(15-19)32-26(40)13-24-31(27(32)39)46(23-8-9-23)16-25(33(24)48)38(53)56-17-21-18-57-36-29(35(50)47(36)30(21)37(51)52)43-34(49)28(41)20-6-5-7-22(12-20)44-58(54,55)4-2/h5-7,12-13,16,19,23,28-29,36,42,44H,3-4,8-11,14-15,17-18,41H2,1-2H3,(H,43,49)(H,51,52)/t19?,28-,29-,36-/m1/s1. The van der Waals surface area contributed by atoms with Crippen molar-refractivity contribution in [2.24, 2.45) is 11.7 Å². The molecule has 7 rings (SSSR count). The van der Waals surface area contributed by atoms with E-state index in [-0.39, 0.29) is 56.0 Å². The molecule has 2 aromatic carbocycles. The number of ether oxygens (including phenoxy) is 1. The number of carbonyl (C=O) groups excluding carboxylic acids is 3. The van der Waals surface area contributed by atoms with E-state index in [1.165, 1.54) is 37.4 Å². The van der Waals surface area contributed by atoms with Gasteiger partial charge in [-0.15, -0.1) is 11.8 Å². The first kappa shape index (κ1) is 41.5. The number of nitrogens with zero attached hydrogens (tertiary/aromatic N) is 3. The van der Waals surface area contributed by atoms with Crippen molar-refractivity contribution >= 4 is 79.4 Å². The number of benzene rings is 2. The van der Waals surface area contributed by atoms with Crippen LogP contribution in [0.25, 0.3) is 10.9 Å². The molecule has 16 nitrogen and oxygen atoms in total. The quantitative estimate of drug-likeness (QED) is 0.110. The van der Waals surface area contributed by atoms with Crippen LogP contribution < -0.4 is 31.4 Å². The Bertz CT molecular complexity index is 2410. The molecule has 1 aliphatic carbocycles. The minimum Gasteiger partial charge on any atom is -0.477 e. The molecule has 58 heavy (non-hydrogen) atoms. The first-order valence-electron chi connectivity index (χ1n) is 18.9. The van der Waals surface area contributed by atoms with Gasteiger partial charge in [0.15, 0.2) is 0 Å². The van der Waals surface area contributed by atoms with E-state index in [9.17, 15) is 37.5 Å². The Balaban J connectivity index is 1.06. The predicted molar refractivity (Wildman–Crippen MR) is 217 cm³/mol. The Morgan fingerprint density at radius 1 is 1.16 bits per heavy atom. The molecule has 4 atom stereocenters. The largest absolute Gasteiger partial charge is 0.477 e. The molecule has 4 heterocycles. The van der Waals surface area contributed by atoms with Gasteiger partial charge in [-0.05, 0) is 69.0 Å². The number of β-lactam (4-membered cyclic amide) rings is 1. The highest BCUT2D eigenvalue weighted by molar-refractivity contribution is 8.00. The van der Waals surface area contributed by atoms with Crippen molar-refractivity contribution in [1.82, 2.24) is 20.1 Å². The second-order valence-electron chi connectivity index (χ2n) is 14.7. The first-order chi connectivity index (χ1) is 27.6. The monoisotopic (exact) mass is 859 g/mol. The number of carbonyl (C=O) groups is 4. The minimum absolute atomic E-state index is 0.000881. The van der Waals surface area contributed by atoms with Gasteiger partial charge in [0.05, 0.1) is 27.4 Å². The molecule has 1 unspecified atom stereocenters. The number of hydrogen-bond acceptors (Lipinski definition) is 12. The number of nitrogens with two attached hydrogens (primary N) is 1. The Morgan fingerprint density at radius 3 is 2.60 bits per heavy atom. The molecule has 20 heteroatoms. The van der Waals surface area contributed by atoms with Gasteiger partial charge in [0.2, 0.25) is 21.4 Å². The van der Waals surface area contributed by atoms with E-state index >= 15 is 4.39 Å². The Labute approximate surface area is 342 Å². The van der Waals surface area contributed by atoms with Crippen LogP contribution >= 0.6 is 23.4 Å². The fourth-order valence-corrected chi connectivity index (χ4v) is 9.89. The average molecular weight is 860 g/mol. The number of esters is 1. The predicted octanol–water partition coefficient (Wildman–Crippen LogP) is 2.92. The summed E-state index contributed by atoms with van der Waals surface area (Å²) >= 11 is 8.03. The minimum atomic E-state index is -3.59. The van der Waals surface area contributed by atoms with Crippen LogP contribution in [0.4, 0.5) is 15.8 Å². The molecule has 3 aliphatic heterocycles. The second-order valence-corrected chi connectivity index (χ2v) is 18.2. The topological polar surface area (TPSA) is 222 Å². The number of hydrogen-bond donors (Lipinski definition) is 5. The van der Waals surface area contributed by atoms with Crippen molar-refractivity contribution in [2.75, 3.05) is 53.9 Å². The normalized spacial score (nSPS) is 21.1. The van der Waals surface area contributed by atoms with Gasteiger partial charge < -0.3 is 35.7 Å². The molecule has 0 spiro atoms. The molecule has 310 valence electrons. The van der Waals surface area contributed by atoms with Crippen molar-refractivity contribution in [3.05, 3.63) is 80.0 Å². The van der Waals surface area contributed by atoms with Crippen LogP contribution in [0.15, 0.2) is 52.6 Å². The van der Waals surface area contributed by atoms with E-state index in [0.29, 0.717) is 24.5 Å². The summed E-state index contributed by atoms with van der Waals surface area (Å²) in [5.41, 5.74) is 5.69. The van der Waals surface area contributed by atoms with Crippen LogP contribution in [0, 0.1) is 11.7 Å². The number of amides is 2. The third kappa shape index (κ3) is 8.01. The van der Waals surface area contributed by atoms with E-state index < -0.39 is 74.8 Å². The molecular formula is C38H43ClFN7O9S2. The van der Waals surface area contributed by atoms with Crippen LogP contribution in [0.5, 0.6) is 0 Å². The van der Waals surface area contributed by atoms with E-state index in [1.807, 2.05) is 11.8 Å². The maximum Gasteiger partial charge on any atom is 0.352 e. The molecule has 0 radical (unpaired) electrons. The number of anilines is 2. The lowest BCUT2D eigenvalue weighted by atomic mass is 10.0. The SMILES string of the molecule is CCNCC1CCN(c2c(F)cc3c(=O)c(C(=O)OCC4=C(C(=O)O)N5C(=O)[C@@H](NC(=O)[C@H](N)c6cccc(NS(=O)(=O)CC)c6)[C@H]5SC4)cn(C4CC4)c3c2Cl)C1. The van der Waals surface area contributed by atoms with Crippen LogP contribution in [-0.2, 0) is 29.1 Å². The number of rotatable bonds is 15. The van der Waals surface area contributed by atoms with Crippen molar-refractivity contribution in [3.8, 4) is 0 Å². The summed E-state index contributed by atoms with van der Waals surface area (Å²) in [6.45, 7) is 5.72. The maximum atomic E-state index is 15.8. The number of carboxylic acid groups (broad SMARTS) is 1. The van der Waals surface area contributed by atoms with Crippen LogP contribution in [0.2, 0.25) is 5.02 Å². The summed E-state index contributed by atoms with van der Waals surface area (Å²) in [7, 11) is -3.59. The summed E-state index contributed by atoms with van der Waals surface area (Å²) in [5.74, 6) is -4.54. The molecule has 2 saturated heterocycles. The summed E-state index contributed by atoms with van der Waals surface area (Å²) < 4.78 is 49.4. The highest BCUT2D eigenvalue weighted by Crippen LogP contribution is 2.44. The van der Waals surface area contributed by atoms with E-state index in [4.69, 9.17) is 22.1 Å². The van der Waals surface area contributed by atoms with Gasteiger partial charge in [-0.3, -0.25) is 24.0 Å². The molecule has 2 amide bonds. The fraction of sp³-hybridized carbons (Fsp3) is 0.447. The number of thioether (sulfide) groups is 1. The van der Waals surface area contributed by atoms with Gasteiger partial charge >= 0.3 is 11.9 Å². The smallest absolute Gasteiger partial charge is 0.352 e. The summed E-state index contributed by atoms with van der Waals surface area (Å²) in [6.07, 6.45) is 3.73. The zero-order valence-electron chi connectivity index (χ0n) is 31.6. The molecule has 3 fully saturated rings. The van der Waals surface area contributed by atoms with Gasteiger partial charge in [0.1, 0.15) is 41.1 Å². The van der Waals surface area contributed by atoms with E-state index in [2.05, 4.69) is 15.4 Å². The van der Waals surface area contributed by atoms with E-state index in [0.717, 1.165) is 55.1 Å². The second kappa shape index (κ2) is 16.5. The van der Waals surface area contributed by atoms with Crippen molar-refractivity contribution in [2.45, 2.75) is 56.6 Å². The Morgan fingerprint density at radius 2 is 1.91 bits per heavy atom. The van der Waals surface area contributed by atoms with Crippen LogP contribution in [-0.4, -0.2) is 102 Å². The third-order valence-corrected chi connectivity index (χ3v) is 13.7. The number of aromatic nitrogens is 1. The van der Waals surface area contributed by atoms with Gasteiger partial charge in [-0.1, -0.05) is 30.7 Å². The fourth-order valence-electron chi connectivity index (χ4n) is 7.52. The zero-order valence-corrected chi connectivity index (χ0v) is 34.0. The van der Waals surface area contributed by atoms with Crippen LogP contribution in [0.1, 0.15) is 61.1 Å². The van der Waals surface area contributed by atoms with Gasteiger partial charge in [-0.25, -0.2) is 22.4 Å². The summed E-state index contributed by atoms with van der Waals surface area (Å²) in [4.78, 5) is 69.2. The number of nitrogens with one attached hydrogen (secondary N) is 3. The lowest BCUT2D eigenvalue weighted by molar-refractivity contribution is -0.151. The Hall–Kier alpha value is -4.69. The molecule has 4 aliphatic rings.